The largest absolute Gasteiger partial charge is 0.378 e. The molecule has 0 bridgehead atoms. The molecule has 0 heterocycles. The van der Waals surface area contributed by atoms with Gasteiger partial charge in [-0.2, -0.15) is 0 Å². The summed E-state index contributed by atoms with van der Waals surface area (Å²) in [5, 5.41) is 13.1. The standard InChI is InChI=1S/C9H11FN2O4S/c1-17(15,16)5-4-11-8-6-7(10)2-3-9(8)12(13)14/h2-3,6,11H,4-5H2,1H3. The zero-order valence-corrected chi connectivity index (χ0v) is 9.83. The minimum atomic E-state index is -3.16. The van der Waals surface area contributed by atoms with Crippen molar-refractivity contribution in [1.29, 1.82) is 0 Å². The van der Waals surface area contributed by atoms with Crippen LogP contribution in [0.5, 0.6) is 0 Å². The summed E-state index contributed by atoms with van der Waals surface area (Å²) in [6.45, 7) is -0.0108. The first kappa shape index (κ1) is 13.4. The summed E-state index contributed by atoms with van der Waals surface area (Å²) in [7, 11) is -3.16. The van der Waals surface area contributed by atoms with Crippen LogP contribution in [0.2, 0.25) is 0 Å². The second kappa shape index (κ2) is 5.09. The number of halogens is 1. The number of hydrogen-bond acceptors (Lipinski definition) is 5. The maximum atomic E-state index is 12.9. The van der Waals surface area contributed by atoms with Gasteiger partial charge in [-0.1, -0.05) is 0 Å². The Kier molecular flexibility index (Phi) is 4.00. The van der Waals surface area contributed by atoms with E-state index in [-0.39, 0.29) is 23.7 Å². The van der Waals surface area contributed by atoms with Crippen LogP contribution in [0.3, 0.4) is 0 Å². The molecule has 0 atom stereocenters. The second-order valence-electron chi connectivity index (χ2n) is 3.48. The fourth-order valence-corrected chi connectivity index (χ4v) is 1.65. The van der Waals surface area contributed by atoms with Gasteiger partial charge in [0.15, 0.2) is 0 Å². The van der Waals surface area contributed by atoms with Crippen molar-refractivity contribution in [3.8, 4) is 0 Å². The molecule has 1 rings (SSSR count). The molecule has 1 N–H and O–H groups in total. The van der Waals surface area contributed by atoms with Gasteiger partial charge in [0.1, 0.15) is 21.3 Å². The van der Waals surface area contributed by atoms with Crippen LogP contribution < -0.4 is 5.32 Å². The molecular weight excluding hydrogens is 251 g/mol. The lowest BCUT2D eigenvalue weighted by molar-refractivity contribution is -0.384. The van der Waals surface area contributed by atoms with Gasteiger partial charge in [0.25, 0.3) is 5.69 Å². The first-order valence-corrected chi connectivity index (χ1v) is 6.71. The average Bonchev–Trinajstić information content (AvgIpc) is 2.15. The zero-order chi connectivity index (χ0) is 13.1. The first-order chi connectivity index (χ1) is 7.79. The lowest BCUT2D eigenvalue weighted by Gasteiger charge is -2.06. The minimum Gasteiger partial charge on any atom is -0.378 e. The monoisotopic (exact) mass is 262 g/mol. The van der Waals surface area contributed by atoms with Crippen molar-refractivity contribution >= 4 is 21.2 Å². The zero-order valence-electron chi connectivity index (χ0n) is 9.01. The van der Waals surface area contributed by atoms with E-state index in [2.05, 4.69) is 5.32 Å². The molecule has 0 aliphatic heterocycles. The lowest BCUT2D eigenvalue weighted by Crippen LogP contribution is -2.14. The van der Waals surface area contributed by atoms with Gasteiger partial charge in [-0.25, -0.2) is 12.8 Å². The number of nitrogens with zero attached hydrogens (tertiary/aromatic N) is 1. The number of nitrogens with one attached hydrogen (secondary N) is 1. The van der Waals surface area contributed by atoms with Gasteiger partial charge in [-0.05, 0) is 6.07 Å². The van der Waals surface area contributed by atoms with Crippen LogP contribution in [0, 0.1) is 15.9 Å². The number of benzene rings is 1. The van der Waals surface area contributed by atoms with Crippen LogP contribution in [0.4, 0.5) is 15.8 Å². The summed E-state index contributed by atoms with van der Waals surface area (Å²) in [5.74, 6) is -0.807. The number of nitro groups is 1. The number of sulfone groups is 1. The number of nitro benzene ring substituents is 1. The summed E-state index contributed by atoms with van der Waals surface area (Å²) in [6.07, 6.45) is 1.05. The molecule has 8 heteroatoms. The highest BCUT2D eigenvalue weighted by molar-refractivity contribution is 7.90. The van der Waals surface area contributed by atoms with Crippen LogP contribution in [-0.2, 0) is 9.84 Å². The number of hydrogen-bond donors (Lipinski definition) is 1. The third-order valence-corrected chi connectivity index (χ3v) is 2.89. The molecule has 0 saturated heterocycles. The Balaban J connectivity index is 2.82. The van der Waals surface area contributed by atoms with Crippen LogP contribution >= 0.6 is 0 Å². The number of rotatable bonds is 5. The van der Waals surface area contributed by atoms with E-state index < -0.39 is 20.6 Å². The molecule has 0 aromatic heterocycles. The van der Waals surface area contributed by atoms with Crippen molar-refractivity contribution in [3.63, 3.8) is 0 Å². The van der Waals surface area contributed by atoms with E-state index in [4.69, 9.17) is 0 Å². The highest BCUT2D eigenvalue weighted by Crippen LogP contribution is 2.24. The highest BCUT2D eigenvalue weighted by atomic mass is 32.2. The summed E-state index contributed by atoms with van der Waals surface area (Å²) >= 11 is 0. The quantitative estimate of drug-likeness (QED) is 0.636. The van der Waals surface area contributed by atoms with E-state index in [1.54, 1.807) is 0 Å². The Hall–Kier alpha value is -1.70. The molecule has 0 aliphatic rings. The van der Waals surface area contributed by atoms with Gasteiger partial charge in [0, 0.05) is 24.9 Å². The average molecular weight is 262 g/mol. The van der Waals surface area contributed by atoms with E-state index in [0.717, 1.165) is 24.5 Å². The lowest BCUT2D eigenvalue weighted by atomic mass is 10.2. The van der Waals surface area contributed by atoms with E-state index in [1.807, 2.05) is 0 Å². The minimum absolute atomic E-state index is 0.0108. The van der Waals surface area contributed by atoms with Gasteiger partial charge in [-0.3, -0.25) is 10.1 Å². The molecule has 94 valence electrons. The predicted molar refractivity (Wildman–Crippen MR) is 61.3 cm³/mol. The van der Waals surface area contributed by atoms with Crippen molar-refractivity contribution in [1.82, 2.24) is 0 Å². The molecule has 0 radical (unpaired) electrons. The molecule has 6 nitrogen and oxygen atoms in total. The summed E-state index contributed by atoms with van der Waals surface area (Å²) < 4.78 is 34.6. The molecule has 0 amide bonds. The van der Waals surface area contributed by atoms with Crippen molar-refractivity contribution in [3.05, 3.63) is 34.1 Å². The highest BCUT2D eigenvalue weighted by Gasteiger charge is 2.14. The van der Waals surface area contributed by atoms with E-state index in [0.29, 0.717) is 0 Å². The molecule has 0 saturated carbocycles. The van der Waals surface area contributed by atoms with Crippen LogP contribution in [0.15, 0.2) is 18.2 Å². The summed E-state index contributed by atoms with van der Waals surface area (Å²) in [6, 6.07) is 2.96. The smallest absolute Gasteiger partial charge is 0.292 e. The fraction of sp³-hybridized carbons (Fsp3) is 0.333. The summed E-state index contributed by atoms with van der Waals surface area (Å²) in [5.41, 5.74) is -0.321. The second-order valence-corrected chi connectivity index (χ2v) is 5.73. The van der Waals surface area contributed by atoms with Gasteiger partial charge in [0.05, 0.1) is 10.7 Å². The fourth-order valence-electron chi connectivity index (χ4n) is 1.18. The molecule has 0 aliphatic carbocycles. The number of anilines is 1. The SMILES string of the molecule is CS(=O)(=O)CCNc1cc(F)ccc1[N+](=O)[O-]. The maximum absolute atomic E-state index is 12.9. The van der Waals surface area contributed by atoms with Crippen LogP contribution in [-0.4, -0.2) is 31.9 Å². The van der Waals surface area contributed by atoms with Gasteiger partial charge < -0.3 is 5.32 Å². The molecule has 1 aromatic rings. The maximum Gasteiger partial charge on any atom is 0.292 e. The molecule has 17 heavy (non-hydrogen) atoms. The Labute approximate surface area is 97.5 Å². The third-order valence-electron chi connectivity index (χ3n) is 1.94. The van der Waals surface area contributed by atoms with Gasteiger partial charge in [0.2, 0.25) is 0 Å². The van der Waals surface area contributed by atoms with Crippen molar-refractivity contribution in [2.75, 3.05) is 23.9 Å². The van der Waals surface area contributed by atoms with Crippen molar-refractivity contribution < 1.29 is 17.7 Å². The molecule has 0 spiro atoms. The normalized spacial score (nSPS) is 11.2. The van der Waals surface area contributed by atoms with E-state index in [1.165, 1.54) is 0 Å². The third kappa shape index (κ3) is 4.35. The molecule has 0 unspecified atom stereocenters. The Bertz CT molecular complexity index is 530. The first-order valence-electron chi connectivity index (χ1n) is 4.65. The van der Waals surface area contributed by atoms with Gasteiger partial charge >= 0.3 is 0 Å². The summed E-state index contributed by atoms with van der Waals surface area (Å²) in [4.78, 5) is 9.95. The van der Waals surface area contributed by atoms with E-state index in [9.17, 15) is 22.9 Å². The van der Waals surface area contributed by atoms with E-state index >= 15 is 0 Å². The van der Waals surface area contributed by atoms with Gasteiger partial charge in [-0.15, -0.1) is 0 Å². The van der Waals surface area contributed by atoms with Crippen LogP contribution in [0.1, 0.15) is 0 Å². The van der Waals surface area contributed by atoms with Crippen molar-refractivity contribution in [2.45, 2.75) is 0 Å². The Morgan fingerprint density at radius 3 is 2.65 bits per heavy atom. The van der Waals surface area contributed by atoms with Crippen molar-refractivity contribution in [2.24, 2.45) is 0 Å². The molecule has 1 aromatic carbocycles. The Morgan fingerprint density at radius 2 is 2.12 bits per heavy atom. The van der Waals surface area contributed by atoms with Crippen LogP contribution in [0.25, 0.3) is 0 Å². The molecular formula is C9H11FN2O4S. The predicted octanol–water partition coefficient (Wildman–Crippen LogP) is 1.19. The molecule has 0 fully saturated rings. The Morgan fingerprint density at radius 1 is 1.47 bits per heavy atom. The topological polar surface area (TPSA) is 89.3 Å².